The molecule has 0 N–H and O–H groups in total. The van der Waals surface area contributed by atoms with E-state index in [4.69, 9.17) is 23.2 Å². The minimum absolute atomic E-state index is 0.659. The monoisotopic (exact) mass is 395 g/mol. The molecule has 2 aliphatic carbocycles. The van der Waals surface area contributed by atoms with Crippen LogP contribution < -0.4 is 0 Å². The van der Waals surface area contributed by atoms with Crippen LogP contribution in [-0.2, 0) is 6.54 Å². The van der Waals surface area contributed by atoms with Crippen molar-refractivity contribution >= 4 is 23.2 Å². The van der Waals surface area contributed by atoms with Gasteiger partial charge in [0.2, 0.25) is 0 Å². The van der Waals surface area contributed by atoms with E-state index in [0.717, 1.165) is 24.3 Å². The lowest BCUT2D eigenvalue weighted by Gasteiger charge is -2.35. The molecule has 26 heavy (non-hydrogen) atoms. The first kappa shape index (κ1) is 20.5. The number of hydrogen-bond acceptors (Lipinski definition) is 1. The zero-order chi connectivity index (χ0) is 18.4. The smallest absolute Gasteiger partial charge is 0.0595 e. The average molecular weight is 396 g/mol. The third kappa shape index (κ3) is 6.14. The van der Waals surface area contributed by atoms with E-state index in [9.17, 15) is 0 Å². The van der Waals surface area contributed by atoms with Crippen LogP contribution in [0.5, 0.6) is 0 Å². The highest BCUT2D eigenvalue weighted by Crippen LogP contribution is 2.33. The number of nitrogens with zero attached hydrogens (tertiary/aromatic N) is 1. The number of halogens is 2. The summed E-state index contributed by atoms with van der Waals surface area (Å²) >= 11 is 12.4. The van der Waals surface area contributed by atoms with Crippen molar-refractivity contribution < 1.29 is 0 Å². The maximum atomic E-state index is 6.26. The number of rotatable bonds is 7. The summed E-state index contributed by atoms with van der Waals surface area (Å²) in [6.07, 6.45) is 14.2. The molecule has 1 aromatic rings. The summed E-state index contributed by atoms with van der Waals surface area (Å²) in [5, 5.41) is 1.34. The van der Waals surface area contributed by atoms with Crippen LogP contribution in [0, 0.1) is 17.8 Å². The molecule has 146 valence electrons. The minimum atomic E-state index is 0.659. The van der Waals surface area contributed by atoms with Gasteiger partial charge in [-0.3, -0.25) is 4.90 Å². The molecule has 2 fully saturated rings. The SMILES string of the molecule is CCC1CCC(CN(Cc2ccc(Cl)c(Cl)c2)CC2CCCCC2)CC1. The molecule has 0 saturated heterocycles. The molecule has 0 aromatic heterocycles. The van der Waals surface area contributed by atoms with Gasteiger partial charge in [-0.15, -0.1) is 0 Å². The molecule has 3 rings (SSSR count). The van der Waals surface area contributed by atoms with Gasteiger partial charge in [-0.25, -0.2) is 0 Å². The lowest BCUT2D eigenvalue weighted by Crippen LogP contribution is -2.35. The van der Waals surface area contributed by atoms with Crippen LogP contribution in [0.3, 0.4) is 0 Å². The highest BCUT2D eigenvalue weighted by atomic mass is 35.5. The second kappa shape index (κ2) is 10.3. The molecule has 1 aromatic carbocycles. The zero-order valence-electron chi connectivity index (χ0n) is 16.4. The van der Waals surface area contributed by atoms with Gasteiger partial charge in [-0.1, -0.05) is 74.7 Å². The molecule has 0 radical (unpaired) electrons. The second-order valence-corrected chi connectivity index (χ2v) is 9.56. The van der Waals surface area contributed by atoms with Crippen molar-refractivity contribution in [2.45, 2.75) is 77.7 Å². The van der Waals surface area contributed by atoms with Crippen molar-refractivity contribution in [2.24, 2.45) is 17.8 Å². The fourth-order valence-electron chi connectivity index (χ4n) is 5.02. The Labute approximate surface area is 170 Å². The normalized spacial score (nSPS) is 24.9. The Morgan fingerprint density at radius 2 is 1.42 bits per heavy atom. The van der Waals surface area contributed by atoms with Crippen molar-refractivity contribution in [2.75, 3.05) is 13.1 Å². The standard InChI is InChI=1S/C23H35Cl2N/c1-2-18-8-10-20(11-9-18)16-26(15-19-6-4-3-5-7-19)17-21-12-13-22(24)23(25)14-21/h12-14,18-20H,2-11,15-17H2,1H3. The molecular formula is C23H35Cl2N. The van der Waals surface area contributed by atoms with Gasteiger partial charge in [0.1, 0.15) is 0 Å². The van der Waals surface area contributed by atoms with Gasteiger partial charge in [0.05, 0.1) is 10.0 Å². The summed E-state index contributed by atoms with van der Waals surface area (Å²) in [5.74, 6) is 2.75. The van der Waals surface area contributed by atoms with Crippen LogP contribution in [0.25, 0.3) is 0 Å². The topological polar surface area (TPSA) is 3.24 Å². The molecular weight excluding hydrogens is 361 g/mol. The summed E-state index contributed by atoms with van der Waals surface area (Å²) in [7, 11) is 0. The third-order valence-electron chi connectivity index (χ3n) is 6.69. The third-order valence-corrected chi connectivity index (χ3v) is 7.43. The lowest BCUT2D eigenvalue weighted by atomic mass is 9.80. The van der Waals surface area contributed by atoms with Crippen molar-refractivity contribution in [1.82, 2.24) is 4.90 Å². The molecule has 0 atom stereocenters. The Morgan fingerprint density at radius 3 is 2.04 bits per heavy atom. The molecule has 0 unspecified atom stereocenters. The first-order chi connectivity index (χ1) is 12.6. The molecule has 0 amide bonds. The van der Waals surface area contributed by atoms with Crippen molar-refractivity contribution in [1.29, 1.82) is 0 Å². The fourth-order valence-corrected chi connectivity index (χ4v) is 5.34. The maximum Gasteiger partial charge on any atom is 0.0595 e. The van der Waals surface area contributed by atoms with Crippen LogP contribution in [0.1, 0.15) is 76.7 Å². The Balaban J connectivity index is 1.61. The fraction of sp³-hybridized carbons (Fsp3) is 0.739. The minimum Gasteiger partial charge on any atom is -0.299 e. The molecule has 0 aliphatic heterocycles. The Hall–Kier alpha value is -0.240. The molecule has 1 nitrogen and oxygen atoms in total. The second-order valence-electron chi connectivity index (χ2n) is 8.74. The zero-order valence-corrected chi connectivity index (χ0v) is 17.9. The van der Waals surface area contributed by atoms with E-state index in [2.05, 4.69) is 24.0 Å². The summed E-state index contributed by atoms with van der Waals surface area (Å²) in [6.45, 7) is 5.88. The first-order valence-electron chi connectivity index (χ1n) is 10.8. The van der Waals surface area contributed by atoms with Gasteiger partial charge in [0, 0.05) is 19.6 Å². The van der Waals surface area contributed by atoms with Crippen LogP contribution in [0.15, 0.2) is 18.2 Å². The molecule has 0 spiro atoms. The van der Waals surface area contributed by atoms with Crippen LogP contribution >= 0.6 is 23.2 Å². The molecule has 2 aliphatic rings. The predicted molar refractivity (Wildman–Crippen MR) is 114 cm³/mol. The van der Waals surface area contributed by atoms with Crippen LogP contribution in [0.2, 0.25) is 10.0 Å². The van der Waals surface area contributed by atoms with E-state index < -0.39 is 0 Å². The Bertz CT molecular complexity index is 545. The summed E-state index contributed by atoms with van der Waals surface area (Å²) in [5.41, 5.74) is 1.30. The highest BCUT2D eigenvalue weighted by molar-refractivity contribution is 6.42. The van der Waals surface area contributed by atoms with Crippen molar-refractivity contribution in [3.05, 3.63) is 33.8 Å². The molecule has 2 saturated carbocycles. The number of hydrogen-bond donors (Lipinski definition) is 0. The number of benzene rings is 1. The highest BCUT2D eigenvalue weighted by Gasteiger charge is 2.24. The van der Waals surface area contributed by atoms with E-state index >= 15 is 0 Å². The van der Waals surface area contributed by atoms with Crippen molar-refractivity contribution in [3.63, 3.8) is 0 Å². The van der Waals surface area contributed by atoms with E-state index in [-0.39, 0.29) is 0 Å². The van der Waals surface area contributed by atoms with Crippen LogP contribution in [0.4, 0.5) is 0 Å². The quantitative estimate of drug-likeness (QED) is 0.459. The van der Waals surface area contributed by atoms with E-state index in [1.165, 1.54) is 82.9 Å². The van der Waals surface area contributed by atoms with Gasteiger partial charge >= 0.3 is 0 Å². The predicted octanol–water partition coefficient (Wildman–Crippen LogP) is 7.59. The van der Waals surface area contributed by atoms with Gasteiger partial charge in [0.25, 0.3) is 0 Å². The van der Waals surface area contributed by atoms with Gasteiger partial charge in [0.15, 0.2) is 0 Å². The lowest BCUT2D eigenvalue weighted by molar-refractivity contribution is 0.142. The van der Waals surface area contributed by atoms with Gasteiger partial charge in [-0.05, 0) is 61.1 Å². The van der Waals surface area contributed by atoms with E-state index in [0.29, 0.717) is 10.0 Å². The summed E-state index contributed by atoms with van der Waals surface area (Å²) in [6, 6.07) is 6.16. The van der Waals surface area contributed by atoms with Gasteiger partial charge < -0.3 is 0 Å². The van der Waals surface area contributed by atoms with E-state index in [1.807, 2.05) is 6.07 Å². The van der Waals surface area contributed by atoms with Crippen LogP contribution in [-0.4, -0.2) is 18.0 Å². The molecule has 3 heteroatoms. The largest absolute Gasteiger partial charge is 0.299 e. The first-order valence-corrected chi connectivity index (χ1v) is 11.6. The Kier molecular flexibility index (Phi) is 8.15. The maximum absolute atomic E-state index is 6.26. The Morgan fingerprint density at radius 1 is 0.808 bits per heavy atom. The summed E-state index contributed by atoms with van der Waals surface area (Å²) in [4.78, 5) is 2.73. The molecule has 0 bridgehead atoms. The van der Waals surface area contributed by atoms with Gasteiger partial charge in [-0.2, -0.15) is 0 Å². The summed E-state index contributed by atoms with van der Waals surface area (Å²) < 4.78 is 0. The van der Waals surface area contributed by atoms with E-state index in [1.54, 1.807) is 0 Å². The van der Waals surface area contributed by atoms with Crippen molar-refractivity contribution in [3.8, 4) is 0 Å². The molecule has 0 heterocycles. The average Bonchev–Trinajstić information content (AvgIpc) is 2.66.